The van der Waals surface area contributed by atoms with E-state index < -0.39 is 0 Å². The number of hydrogen-bond acceptors (Lipinski definition) is 1. The Bertz CT molecular complexity index is 155. The van der Waals surface area contributed by atoms with Crippen LogP contribution in [0.5, 0.6) is 0 Å². The molecular formula is C13H27N. The smallest absolute Gasteiger partial charge is 0.00392 e. The molecular weight excluding hydrogens is 170 g/mol. The first kappa shape index (κ1) is 12.0. The van der Waals surface area contributed by atoms with Crippen LogP contribution in [0, 0.1) is 11.3 Å². The van der Waals surface area contributed by atoms with E-state index in [1.54, 1.807) is 0 Å². The van der Waals surface area contributed by atoms with Crippen LogP contribution in [0.25, 0.3) is 0 Å². The molecule has 0 atom stereocenters. The number of nitrogens with two attached hydrogens (primary N) is 1. The zero-order chi connectivity index (χ0) is 10.6. The summed E-state index contributed by atoms with van der Waals surface area (Å²) in [6.45, 7) is 7.02. The van der Waals surface area contributed by atoms with Crippen LogP contribution in [-0.4, -0.2) is 6.04 Å². The minimum Gasteiger partial charge on any atom is -0.328 e. The maximum Gasteiger partial charge on any atom is 0.00392 e. The van der Waals surface area contributed by atoms with Gasteiger partial charge in [-0.05, 0) is 43.4 Å². The van der Waals surface area contributed by atoms with Gasteiger partial charge in [0.1, 0.15) is 0 Å². The Morgan fingerprint density at radius 1 is 1.29 bits per heavy atom. The highest BCUT2D eigenvalue weighted by Gasteiger charge is 2.32. The van der Waals surface area contributed by atoms with Crippen molar-refractivity contribution >= 4 is 0 Å². The Hall–Kier alpha value is -0.0400. The van der Waals surface area contributed by atoms with Crippen LogP contribution < -0.4 is 5.73 Å². The second-order valence-electron chi connectivity index (χ2n) is 5.62. The highest BCUT2D eigenvalue weighted by molar-refractivity contribution is 4.86. The molecule has 1 fully saturated rings. The largest absolute Gasteiger partial charge is 0.328 e. The summed E-state index contributed by atoms with van der Waals surface area (Å²) in [7, 11) is 0. The maximum atomic E-state index is 5.97. The normalized spacial score (nSPS) is 33.6. The molecule has 14 heavy (non-hydrogen) atoms. The highest BCUT2D eigenvalue weighted by Crippen LogP contribution is 2.43. The summed E-state index contributed by atoms with van der Waals surface area (Å²) in [5, 5.41) is 0. The first-order valence-corrected chi connectivity index (χ1v) is 6.33. The standard InChI is InChI=1S/C13H27N/c1-4-13(8-5-11(2)3)9-6-12(14)7-10-13/h11-12H,4-10,14H2,1-3H3. The van der Waals surface area contributed by atoms with Crippen molar-refractivity contribution in [2.75, 3.05) is 0 Å². The van der Waals surface area contributed by atoms with Gasteiger partial charge in [0.2, 0.25) is 0 Å². The first-order chi connectivity index (χ1) is 6.58. The molecule has 0 aromatic rings. The molecule has 1 rings (SSSR count). The predicted molar refractivity (Wildman–Crippen MR) is 63.2 cm³/mol. The lowest BCUT2D eigenvalue weighted by atomic mass is 9.68. The number of hydrogen-bond donors (Lipinski definition) is 1. The SMILES string of the molecule is CCC1(CCC(C)C)CCC(N)CC1. The molecule has 1 heteroatoms. The zero-order valence-electron chi connectivity index (χ0n) is 10.2. The van der Waals surface area contributed by atoms with Gasteiger partial charge >= 0.3 is 0 Å². The summed E-state index contributed by atoms with van der Waals surface area (Å²) >= 11 is 0. The zero-order valence-corrected chi connectivity index (χ0v) is 10.2. The topological polar surface area (TPSA) is 26.0 Å². The van der Waals surface area contributed by atoms with E-state index in [1.165, 1.54) is 44.9 Å². The number of rotatable bonds is 4. The van der Waals surface area contributed by atoms with Gasteiger partial charge in [-0.1, -0.05) is 33.6 Å². The summed E-state index contributed by atoms with van der Waals surface area (Å²) in [6, 6.07) is 0.494. The Balaban J connectivity index is 2.41. The third-order valence-corrected chi connectivity index (χ3v) is 4.09. The Kier molecular flexibility index (Phi) is 4.43. The van der Waals surface area contributed by atoms with Crippen molar-refractivity contribution in [1.29, 1.82) is 0 Å². The third kappa shape index (κ3) is 3.27. The van der Waals surface area contributed by atoms with Gasteiger partial charge in [-0.3, -0.25) is 0 Å². The lowest BCUT2D eigenvalue weighted by Gasteiger charge is -2.39. The molecule has 1 aliphatic carbocycles. The second kappa shape index (κ2) is 5.16. The summed E-state index contributed by atoms with van der Waals surface area (Å²) in [6.07, 6.45) is 9.43. The molecule has 2 N–H and O–H groups in total. The Morgan fingerprint density at radius 2 is 1.86 bits per heavy atom. The van der Waals surface area contributed by atoms with Crippen molar-refractivity contribution in [3.63, 3.8) is 0 Å². The van der Waals surface area contributed by atoms with Gasteiger partial charge in [0, 0.05) is 6.04 Å². The summed E-state index contributed by atoms with van der Waals surface area (Å²) < 4.78 is 0. The first-order valence-electron chi connectivity index (χ1n) is 6.33. The molecule has 0 bridgehead atoms. The second-order valence-corrected chi connectivity index (χ2v) is 5.62. The van der Waals surface area contributed by atoms with Gasteiger partial charge < -0.3 is 5.73 Å². The van der Waals surface area contributed by atoms with Crippen LogP contribution in [0.2, 0.25) is 0 Å². The van der Waals surface area contributed by atoms with E-state index in [0.717, 1.165) is 5.92 Å². The summed E-state index contributed by atoms with van der Waals surface area (Å²) in [4.78, 5) is 0. The van der Waals surface area contributed by atoms with Crippen LogP contribution >= 0.6 is 0 Å². The molecule has 0 spiro atoms. The van der Waals surface area contributed by atoms with E-state index in [1.807, 2.05) is 0 Å². The van der Waals surface area contributed by atoms with E-state index in [4.69, 9.17) is 5.73 Å². The van der Waals surface area contributed by atoms with Crippen molar-refractivity contribution < 1.29 is 0 Å². The van der Waals surface area contributed by atoms with E-state index in [2.05, 4.69) is 20.8 Å². The van der Waals surface area contributed by atoms with Crippen molar-refractivity contribution in [3.8, 4) is 0 Å². The molecule has 0 heterocycles. The lowest BCUT2D eigenvalue weighted by molar-refractivity contribution is 0.143. The van der Waals surface area contributed by atoms with Crippen LogP contribution in [-0.2, 0) is 0 Å². The molecule has 1 nitrogen and oxygen atoms in total. The van der Waals surface area contributed by atoms with Crippen LogP contribution in [0.3, 0.4) is 0 Å². The van der Waals surface area contributed by atoms with Crippen LogP contribution in [0.15, 0.2) is 0 Å². The molecule has 0 unspecified atom stereocenters. The summed E-state index contributed by atoms with van der Waals surface area (Å²) in [5.41, 5.74) is 6.62. The van der Waals surface area contributed by atoms with Gasteiger partial charge in [0.15, 0.2) is 0 Å². The van der Waals surface area contributed by atoms with Crippen molar-refractivity contribution in [1.82, 2.24) is 0 Å². The molecule has 0 aromatic carbocycles. The monoisotopic (exact) mass is 197 g/mol. The fraction of sp³-hybridized carbons (Fsp3) is 1.00. The summed E-state index contributed by atoms with van der Waals surface area (Å²) in [5.74, 6) is 0.856. The average Bonchev–Trinajstić information content (AvgIpc) is 2.18. The molecule has 84 valence electrons. The lowest BCUT2D eigenvalue weighted by Crippen LogP contribution is -2.33. The van der Waals surface area contributed by atoms with Crippen molar-refractivity contribution in [3.05, 3.63) is 0 Å². The Morgan fingerprint density at radius 3 is 2.29 bits per heavy atom. The molecule has 1 aliphatic rings. The van der Waals surface area contributed by atoms with Crippen molar-refractivity contribution in [2.45, 2.75) is 71.8 Å². The van der Waals surface area contributed by atoms with Gasteiger partial charge in [0.05, 0.1) is 0 Å². The molecule has 0 saturated heterocycles. The Labute approximate surface area is 89.5 Å². The van der Waals surface area contributed by atoms with Gasteiger partial charge in [-0.15, -0.1) is 0 Å². The van der Waals surface area contributed by atoms with Gasteiger partial charge in [0.25, 0.3) is 0 Å². The predicted octanol–water partition coefficient (Wildman–Crippen LogP) is 3.72. The molecule has 0 aromatic heterocycles. The van der Waals surface area contributed by atoms with Crippen LogP contribution in [0.4, 0.5) is 0 Å². The van der Waals surface area contributed by atoms with Crippen molar-refractivity contribution in [2.24, 2.45) is 17.1 Å². The van der Waals surface area contributed by atoms with E-state index in [9.17, 15) is 0 Å². The van der Waals surface area contributed by atoms with E-state index in [-0.39, 0.29) is 0 Å². The van der Waals surface area contributed by atoms with Crippen LogP contribution in [0.1, 0.15) is 65.7 Å². The molecule has 0 aliphatic heterocycles. The van der Waals surface area contributed by atoms with Gasteiger partial charge in [-0.25, -0.2) is 0 Å². The molecule has 0 radical (unpaired) electrons. The molecule has 1 saturated carbocycles. The van der Waals surface area contributed by atoms with E-state index in [0.29, 0.717) is 11.5 Å². The quantitative estimate of drug-likeness (QED) is 0.730. The highest BCUT2D eigenvalue weighted by atomic mass is 14.6. The minimum absolute atomic E-state index is 0.494. The molecule has 0 amide bonds. The average molecular weight is 197 g/mol. The third-order valence-electron chi connectivity index (χ3n) is 4.09. The van der Waals surface area contributed by atoms with Gasteiger partial charge in [-0.2, -0.15) is 0 Å². The fourth-order valence-electron chi connectivity index (χ4n) is 2.63. The fourth-order valence-corrected chi connectivity index (χ4v) is 2.63. The van der Waals surface area contributed by atoms with E-state index >= 15 is 0 Å². The maximum absolute atomic E-state index is 5.97. The minimum atomic E-state index is 0.494.